The molecule has 3 fully saturated rings. The van der Waals surface area contributed by atoms with Crippen LogP contribution in [0.5, 0.6) is 0 Å². The predicted molar refractivity (Wildman–Crippen MR) is 224 cm³/mol. The number of unbranched alkanes of at least 4 members (excludes halogenated alkanes) is 3. The second-order valence-electron chi connectivity index (χ2n) is 17.0. The van der Waals surface area contributed by atoms with Gasteiger partial charge in [0.2, 0.25) is 23.6 Å². The minimum absolute atomic E-state index is 0.118. The molecule has 0 radical (unpaired) electrons. The van der Waals surface area contributed by atoms with Gasteiger partial charge in [0.1, 0.15) is 23.7 Å². The number of thiophene rings is 1. The molecule has 15 nitrogen and oxygen atoms in total. The molecule has 19 heteroatoms. The molecule has 4 aliphatic heterocycles. The number of benzene rings is 2. The van der Waals surface area contributed by atoms with Crippen LogP contribution >= 0.6 is 20.0 Å². The molecule has 63 heavy (non-hydrogen) atoms. The van der Waals surface area contributed by atoms with Gasteiger partial charge >= 0.3 is 20.8 Å². The Kier molecular flexibility index (Phi) is 13.4. The number of hydrogen-bond acceptors (Lipinski definition) is 11. The molecule has 3 aromatic rings. The van der Waals surface area contributed by atoms with E-state index in [4.69, 9.17) is 4.74 Å². The second-order valence-corrected chi connectivity index (χ2v) is 18.4. The summed E-state index contributed by atoms with van der Waals surface area (Å²) < 4.78 is 49.5. The lowest BCUT2D eigenvalue weighted by Crippen LogP contribution is -2.55. The van der Waals surface area contributed by atoms with E-state index in [0.717, 1.165) is 29.0 Å². The summed E-state index contributed by atoms with van der Waals surface area (Å²) in [4.78, 5) is 97.0. The smallest absolute Gasteiger partial charge is 0.393 e. The first-order valence-electron chi connectivity index (χ1n) is 20.8. The van der Waals surface area contributed by atoms with E-state index in [0.29, 0.717) is 59.7 Å². The van der Waals surface area contributed by atoms with Crippen molar-refractivity contribution < 1.29 is 56.2 Å². The van der Waals surface area contributed by atoms with Crippen molar-refractivity contribution in [2.45, 2.75) is 121 Å². The van der Waals surface area contributed by atoms with Gasteiger partial charge in [-0.2, -0.15) is 8.78 Å². The van der Waals surface area contributed by atoms with Crippen LogP contribution in [0.3, 0.4) is 0 Å². The SMILES string of the molecule is CC(C)(C)OC(=O)[C@@H]1CC[C@@H]2CN(C(=O)CCCCCC#Cc3cccc4c3CN(C3CCC(=O)NC3=O)C4=O)C[C@H](NC(=O)c3cc4cc(C(F)(F)OP=O)ccc4s3)C(=O)N21. The topological polar surface area (TPSA) is 189 Å². The van der Waals surface area contributed by atoms with Gasteiger partial charge < -0.3 is 24.8 Å². The van der Waals surface area contributed by atoms with Crippen LogP contribution in [0.4, 0.5) is 8.78 Å². The fourth-order valence-electron chi connectivity index (χ4n) is 8.47. The number of carbonyl (C=O) groups is 7. The number of carbonyl (C=O) groups excluding carboxylic acids is 7. The highest BCUT2D eigenvalue weighted by molar-refractivity contribution is 7.20. The van der Waals surface area contributed by atoms with Crippen molar-refractivity contribution >= 4 is 71.5 Å². The standard InChI is InChI=1S/C44H46F2N5O10PS/c1-43(2,3)60-42(58)33-16-15-28-22-49(24-31(41(57)51(28)33)47-39(55)35-21-26-20-27(14-18-34(26)63-35)44(45,46)61-62-59)37(53)13-8-6-4-5-7-10-25-11-9-12-29-30(25)23-50(40(29)56)32-17-19-36(52)48-38(32)54/h9,11-12,14,18,20-21,28,31-33H,4-6,8,13,15-17,19,22-24H2,1-3H3,(H,47,55)(H,48,52,54)/t28-,31+,32?,33+/m1/s1. The lowest BCUT2D eigenvalue weighted by atomic mass is 10.0. The minimum atomic E-state index is -3.84. The highest BCUT2D eigenvalue weighted by Gasteiger charge is 2.48. The molecule has 1 unspecified atom stereocenters. The maximum Gasteiger partial charge on any atom is 0.393 e. The van der Waals surface area contributed by atoms with Crippen LogP contribution in [0.2, 0.25) is 0 Å². The number of alkyl halides is 2. The molecule has 5 heterocycles. The summed E-state index contributed by atoms with van der Waals surface area (Å²) >= 11 is 1.01. The highest BCUT2D eigenvalue weighted by atomic mass is 32.1. The molecular weight excluding hydrogens is 860 g/mol. The van der Waals surface area contributed by atoms with Crippen molar-refractivity contribution in [3.63, 3.8) is 0 Å². The quantitative estimate of drug-likeness (QED) is 0.0764. The van der Waals surface area contributed by atoms with Crippen LogP contribution in [-0.2, 0) is 50.5 Å². The first kappa shape index (κ1) is 45.4. The van der Waals surface area contributed by atoms with Crippen LogP contribution < -0.4 is 10.6 Å². The van der Waals surface area contributed by atoms with Crippen molar-refractivity contribution in [1.82, 2.24) is 25.3 Å². The van der Waals surface area contributed by atoms with Gasteiger partial charge in [-0.3, -0.25) is 34.1 Å². The van der Waals surface area contributed by atoms with Crippen molar-refractivity contribution in [3.05, 3.63) is 69.6 Å². The Balaban J connectivity index is 0.985. The summed E-state index contributed by atoms with van der Waals surface area (Å²) in [6.45, 7) is 5.39. The zero-order valence-corrected chi connectivity index (χ0v) is 36.6. The molecule has 0 bridgehead atoms. The van der Waals surface area contributed by atoms with Crippen LogP contribution in [0.15, 0.2) is 42.5 Å². The number of esters is 1. The Morgan fingerprint density at radius 2 is 1.79 bits per heavy atom. The monoisotopic (exact) mass is 905 g/mol. The van der Waals surface area contributed by atoms with Crippen molar-refractivity contribution in [2.75, 3.05) is 13.1 Å². The van der Waals surface area contributed by atoms with E-state index in [1.54, 1.807) is 37.8 Å². The summed E-state index contributed by atoms with van der Waals surface area (Å²) in [7, 11) is -1.20. The van der Waals surface area contributed by atoms with Crippen molar-refractivity contribution in [1.29, 1.82) is 0 Å². The molecule has 0 aliphatic carbocycles. The van der Waals surface area contributed by atoms with E-state index >= 15 is 0 Å². The van der Waals surface area contributed by atoms with E-state index in [1.165, 1.54) is 21.9 Å². The number of amides is 6. The number of nitrogens with one attached hydrogen (secondary N) is 2. The maximum absolute atomic E-state index is 14.3. The zero-order valence-electron chi connectivity index (χ0n) is 34.9. The van der Waals surface area contributed by atoms with Crippen molar-refractivity contribution in [3.8, 4) is 11.8 Å². The molecule has 4 atom stereocenters. The molecule has 332 valence electrons. The largest absolute Gasteiger partial charge is 0.458 e. The first-order valence-corrected chi connectivity index (χ1v) is 22.3. The molecule has 4 aliphatic rings. The Morgan fingerprint density at radius 1 is 1.00 bits per heavy atom. The van der Waals surface area contributed by atoms with Gasteiger partial charge in [-0.1, -0.05) is 24.3 Å². The third-order valence-electron chi connectivity index (χ3n) is 11.5. The van der Waals surface area contributed by atoms with Crippen LogP contribution in [-0.4, -0.2) is 99.0 Å². The number of piperidine rings is 1. The summed E-state index contributed by atoms with van der Waals surface area (Å²) in [5.41, 5.74) is 0.526. The third-order valence-corrected chi connectivity index (χ3v) is 12.9. The summed E-state index contributed by atoms with van der Waals surface area (Å²) in [6, 6.07) is 6.90. The lowest BCUT2D eigenvalue weighted by Gasteiger charge is -2.31. The number of ether oxygens (including phenoxy) is 1. The highest BCUT2D eigenvalue weighted by Crippen LogP contribution is 2.37. The Hall–Kier alpha value is -5.63. The Labute approximate surface area is 367 Å². The molecule has 0 spiro atoms. The number of halogens is 2. The Bertz CT molecular complexity index is 2440. The van der Waals surface area contributed by atoms with E-state index in [2.05, 4.69) is 27.0 Å². The molecule has 2 N–H and O–H groups in total. The van der Waals surface area contributed by atoms with Crippen LogP contribution in [0.25, 0.3) is 10.1 Å². The first-order chi connectivity index (χ1) is 29.9. The van der Waals surface area contributed by atoms with Gasteiger partial charge in [0, 0.05) is 54.7 Å². The lowest BCUT2D eigenvalue weighted by molar-refractivity contribution is -0.178. The predicted octanol–water partition coefficient (Wildman–Crippen LogP) is 5.58. The molecule has 3 saturated heterocycles. The molecular formula is C44H46F2N5O10PS. The third kappa shape index (κ3) is 10.1. The van der Waals surface area contributed by atoms with E-state index in [9.17, 15) is 46.9 Å². The van der Waals surface area contributed by atoms with Gasteiger partial charge in [-0.05, 0) is 100 Å². The number of imide groups is 1. The minimum Gasteiger partial charge on any atom is -0.458 e. The van der Waals surface area contributed by atoms with Crippen LogP contribution in [0.1, 0.15) is 115 Å². The van der Waals surface area contributed by atoms with E-state index in [-0.39, 0.29) is 61.5 Å². The molecule has 7 rings (SSSR count). The van der Waals surface area contributed by atoms with Crippen LogP contribution in [0, 0.1) is 11.8 Å². The number of rotatable bonds is 12. The molecule has 1 aromatic heterocycles. The van der Waals surface area contributed by atoms with E-state index < -0.39 is 73.8 Å². The summed E-state index contributed by atoms with van der Waals surface area (Å²) in [5.74, 6) is 3.20. The number of hydrogen-bond donors (Lipinski definition) is 2. The fraction of sp³-hybridized carbons (Fsp3) is 0.477. The molecule has 6 amide bonds. The van der Waals surface area contributed by atoms with Gasteiger partial charge in [-0.15, -0.1) is 11.3 Å². The van der Waals surface area contributed by atoms with Gasteiger partial charge in [-0.25, -0.2) is 13.9 Å². The van der Waals surface area contributed by atoms with Gasteiger partial charge in [0.05, 0.1) is 16.5 Å². The summed E-state index contributed by atoms with van der Waals surface area (Å²) in [6.07, 6.45) is -0.108. The Morgan fingerprint density at radius 3 is 2.54 bits per heavy atom. The number of fused-ring (bicyclic) bond motifs is 3. The van der Waals surface area contributed by atoms with E-state index in [1.807, 2.05) is 6.07 Å². The fourth-order valence-corrected chi connectivity index (χ4v) is 9.61. The average molecular weight is 906 g/mol. The van der Waals surface area contributed by atoms with Crippen molar-refractivity contribution in [2.24, 2.45) is 0 Å². The van der Waals surface area contributed by atoms with Gasteiger partial charge in [0.25, 0.3) is 11.8 Å². The summed E-state index contributed by atoms with van der Waals surface area (Å²) in [5, 5.41) is 5.36. The number of nitrogens with zero attached hydrogens (tertiary/aromatic N) is 3. The normalized spacial score (nSPS) is 21.4. The van der Waals surface area contributed by atoms with Gasteiger partial charge in [0.15, 0.2) is 0 Å². The molecule has 0 saturated carbocycles. The molecule has 2 aromatic carbocycles. The zero-order chi connectivity index (χ0) is 45.2. The average Bonchev–Trinajstić information content (AvgIpc) is 3.92. The second kappa shape index (κ2) is 18.6. The maximum atomic E-state index is 14.3.